The number of nitrogens with one attached hydrogen (secondary N) is 2. The molecule has 2 rings (SSSR count). The normalized spacial score (nSPS) is 9.88. The second-order valence-corrected chi connectivity index (χ2v) is 5.47. The maximum Gasteiger partial charge on any atom is 0.248 e. The van der Waals surface area contributed by atoms with Gasteiger partial charge in [-0.05, 0) is 42.4 Å². The third-order valence-corrected chi connectivity index (χ3v) is 3.59. The van der Waals surface area contributed by atoms with Gasteiger partial charge in [0.1, 0.15) is 5.75 Å². The van der Waals surface area contributed by atoms with Crippen LogP contribution in [-0.4, -0.2) is 25.0 Å². The topological polar surface area (TPSA) is 93.4 Å². The minimum atomic E-state index is -0.484. The van der Waals surface area contributed by atoms with Gasteiger partial charge in [-0.15, -0.1) is 12.4 Å². The molecule has 7 heteroatoms. The molecule has 0 heterocycles. The van der Waals surface area contributed by atoms with Gasteiger partial charge in [-0.25, -0.2) is 0 Å². The Morgan fingerprint density at radius 1 is 1.08 bits per heavy atom. The molecule has 2 amide bonds. The van der Waals surface area contributed by atoms with Crippen molar-refractivity contribution in [2.75, 3.05) is 18.5 Å². The van der Waals surface area contributed by atoms with Crippen molar-refractivity contribution in [1.29, 1.82) is 0 Å². The third-order valence-electron chi connectivity index (χ3n) is 3.59. The molecule has 0 spiro atoms. The van der Waals surface area contributed by atoms with E-state index in [2.05, 4.69) is 10.6 Å². The summed E-state index contributed by atoms with van der Waals surface area (Å²) >= 11 is 0. The summed E-state index contributed by atoms with van der Waals surface area (Å²) in [5.74, 6) is -0.00907. The number of primary amides is 1. The lowest BCUT2D eigenvalue weighted by Gasteiger charge is -2.12. The molecule has 0 radical (unpaired) electrons. The van der Waals surface area contributed by atoms with Crippen molar-refractivity contribution in [2.45, 2.75) is 19.9 Å². The summed E-state index contributed by atoms with van der Waals surface area (Å²) in [5.41, 5.74) is 7.45. The number of benzene rings is 2. The van der Waals surface area contributed by atoms with Gasteiger partial charge in [0.05, 0.1) is 13.0 Å². The Balaban J connectivity index is 0.00000338. The van der Waals surface area contributed by atoms with Crippen LogP contribution in [-0.2, 0) is 11.3 Å². The number of halogens is 1. The van der Waals surface area contributed by atoms with Crippen molar-refractivity contribution in [1.82, 2.24) is 5.32 Å². The Morgan fingerprint density at radius 2 is 1.77 bits per heavy atom. The molecular weight excluding hydrogens is 354 g/mol. The Labute approximate surface area is 159 Å². The molecule has 0 fully saturated rings. The van der Waals surface area contributed by atoms with Crippen molar-refractivity contribution in [2.24, 2.45) is 5.73 Å². The van der Waals surface area contributed by atoms with E-state index in [0.29, 0.717) is 17.9 Å². The molecule has 0 aliphatic carbocycles. The van der Waals surface area contributed by atoms with Crippen LogP contribution in [0.15, 0.2) is 48.5 Å². The standard InChI is InChI=1S/C19H23N3O3.ClH/c1-2-21-13-15-5-3-4-6-17(15)22-18(23)11-12-25-16-9-7-14(8-10-16)19(20)24;/h3-10,21H,2,11-13H2,1H3,(H2,20,24)(H,22,23);1H. The van der Waals surface area contributed by atoms with Gasteiger partial charge in [0.25, 0.3) is 0 Å². The average Bonchev–Trinajstić information content (AvgIpc) is 2.61. The van der Waals surface area contributed by atoms with Crippen LogP contribution in [0, 0.1) is 0 Å². The summed E-state index contributed by atoms with van der Waals surface area (Å²) in [4.78, 5) is 23.1. The van der Waals surface area contributed by atoms with Crippen molar-refractivity contribution in [3.63, 3.8) is 0 Å². The predicted octanol–water partition coefficient (Wildman–Crippen LogP) is 2.72. The highest BCUT2D eigenvalue weighted by atomic mass is 35.5. The van der Waals surface area contributed by atoms with E-state index in [1.807, 2.05) is 31.2 Å². The largest absolute Gasteiger partial charge is 0.493 e. The van der Waals surface area contributed by atoms with Crippen LogP contribution in [0.3, 0.4) is 0 Å². The Hall–Kier alpha value is -2.57. The SMILES string of the molecule is CCNCc1ccccc1NC(=O)CCOc1ccc(C(N)=O)cc1.Cl. The number of nitrogens with two attached hydrogens (primary N) is 1. The molecule has 26 heavy (non-hydrogen) atoms. The molecule has 0 aliphatic rings. The van der Waals surface area contributed by atoms with Crippen LogP contribution in [0.4, 0.5) is 5.69 Å². The molecule has 2 aromatic rings. The predicted molar refractivity (Wildman–Crippen MR) is 105 cm³/mol. The Morgan fingerprint density at radius 3 is 2.42 bits per heavy atom. The van der Waals surface area contributed by atoms with Crippen LogP contribution in [0.5, 0.6) is 5.75 Å². The fourth-order valence-electron chi connectivity index (χ4n) is 2.25. The first kappa shape index (κ1) is 21.5. The summed E-state index contributed by atoms with van der Waals surface area (Å²) < 4.78 is 5.52. The fourth-order valence-corrected chi connectivity index (χ4v) is 2.25. The summed E-state index contributed by atoms with van der Waals surface area (Å²) in [5, 5.41) is 6.16. The van der Waals surface area contributed by atoms with E-state index in [0.717, 1.165) is 17.8 Å². The number of hydrogen-bond acceptors (Lipinski definition) is 4. The van der Waals surface area contributed by atoms with E-state index in [1.54, 1.807) is 24.3 Å². The number of rotatable bonds is 9. The van der Waals surface area contributed by atoms with E-state index in [9.17, 15) is 9.59 Å². The number of amides is 2. The van der Waals surface area contributed by atoms with Gasteiger partial charge in [0.2, 0.25) is 11.8 Å². The first-order chi connectivity index (χ1) is 12.1. The average molecular weight is 378 g/mol. The highest BCUT2D eigenvalue weighted by Gasteiger charge is 2.07. The van der Waals surface area contributed by atoms with Gasteiger partial charge >= 0.3 is 0 Å². The molecule has 0 bridgehead atoms. The van der Waals surface area contributed by atoms with E-state index in [4.69, 9.17) is 10.5 Å². The van der Waals surface area contributed by atoms with Crippen molar-refractivity contribution < 1.29 is 14.3 Å². The zero-order valence-electron chi connectivity index (χ0n) is 14.7. The quantitative estimate of drug-likeness (QED) is 0.626. The first-order valence-corrected chi connectivity index (χ1v) is 8.21. The van der Waals surface area contributed by atoms with Gasteiger partial charge in [-0.2, -0.15) is 0 Å². The van der Waals surface area contributed by atoms with Crippen molar-refractivity contribution in [3.8, 4) is 5.75 Å². The number of carbonyl (C=O) groups is 2. The molecular formula is C19H24ClN3O3. The lowest BCUT2D eigenvalue weighted by Crippen LogP contribution is -2.18. The van der Waals surface area contributed by atoms with E-state index in [-0.39, 0.29) is 31.3 Å². The molecule has 6 nitrogen and oxygen atoms in total. The number of hydrogen-bond donors (Lipinski definition) is 3. The highest BCUT2D eigenvalue weighted by molar-refractivity contribution is 5.93. The number of para-hydroxylation sites is 1. The second-order valence-electron chi connectivity index (χ2n) is 5.47. The summed E-state index contributed by atoms with van der Waals surface area (Å²) in [7, 11) is 0. The minimum absolute atomic E-state index is 0. The number of ether oxygens (including phenoxy) is 1. The van der Waals surface area contributed by atoms with E-state index < -0.39 is 5.91 Å². The number of carbonyl (C=O) groups excluding carboxylic acids is 2. The van der Waals surface area contributed by atoms with E-state index >= 15 is 0 Å². The van der Waals surface area contributed by atoms with Gasteiger partial charge in [0, 0.05) is 17.8 Å². The fraction of sp³-hybridized carbons (Fsp3) is 0.263. The van der Waals surface area contributed by atoms with E-state index in [1.165, 1.54) is 0 Å². The molecule has 2 aromatic carbocycles. The van der Waals surface area contributed by atoms with Gasteiger partial charge in [-0.1, -0.05) is 25.1 Å². The molecule has 0 atom stereocenters. The van der Waals surface area contributed by atoms with Crippen molar-refractivity contribution >= 4 is 29.9 Å². The molecule has 0 aliphatic heterocycles. The molecule has 0 saturated heterocycles. The van der Waals surface area contributed by atoms with Crippen LogP contribution >= 0.6 is 12.4 Å². The lowest BCUT2D eigenvalue weighted by molar-refractivity contribution is -0.116. The van der Waals surface area contributed by atoms with Crippen LogP contribution in [0.2, 0.25) is 0 Å². The maximum absolute atomic E-state index is 12.1. The van der Waals surface area contributed by atoms with Crippen LogP contribution in [0.1, 0.15) is 29.3 Å². The Bertz CT molecular complexity index is 720. The molecule has 0 saturated carbocycles. The zero-order valence-corrected chi connectivity index (χ0v) is 15.5. The Kier molecular flexibility index (Phi) is 9.19. The summed E-state index contributed by atoms with van der Waals surface area (Å²) in [6.07, 6.45) is 0.229. The molecule has 0 aromatic heterocycles. The monoisotopic (exact) mass is 377 g/mol. The smallest absolute Gasteiger partial charge is 0.248 e. The summed E-state index contributed by atoms with van der Waals surface area (Å²) in [6.45, 7) is 3.85. The summed E-state index contributed by atoms with van der Waals surface area (Å²) in [6, 6.07) is 14.2. The lowest BCUT2D eigenvalue weighted by atomic mass is 10.1. The van der Waals surface area contributed by atoms with Gasteiger partial charge in [-0.3, -0.25) is 9.59 Å². The van der Waals surface area contributed by atoms with Gasteiger partial charge < -0.3 is 21.1 Å². The maximum atomic E-state index is 12.1. The van der Waals surface area contributed by atoms with Gasteiger partial charge in [0.15, 0.2) is 0 Å². The molecule has 0 unspecified atom stereocenters. The third kappa shape index (κ3) is 6.74. The first-order valence-electron chi connectivity index (χ1n) is 8.21. The van der Waals surface area contributed by atoms with Crippen molar-refractivity contribution in [3.05, 3.63) is 59.7 Å². The number of anilines is 1. The highest BCUT2D eigenvalue weighted by Crippen LogP contribution is 2.16. The molecule has 140 valence electrons. The van der Waals surface area contributed by atoms with Crippen LogP contribution in [0.25, 0.3) is 0 Å². The molecule has 4 N–H and O–H groups in total. The minimum Gasteiger partial charge on any atom is -0.493 e. The zero-order chi connectivity index (χ0) is 18.1. The second kappa shape index (κ2) is 11.1. The van der Waals surface area contributed by atoms with Crippen LogP contribution < -0.4 is 21.1 Å².